The van der Waals surface area contributed by atoms with Crippen LogP contribution in [0.2, 0.25) is 0 Å². The summed E-state index contributed by atoms with van der Waals surface area (Å²) in [5.74, 6) is 0. The molecule has 0 aliphatic rings. The summed E-state index contributed by atoms with van der Waals surface area (Å²) in [6.07, 6.45) is 0.167. The van der Waals surface area contributed by atoms with Gasteiger partial charge in [-0.15, -0.1) is 0 Å². The summed E-state index contributed by atoms with van der Waals surface area (Å²) in [5.41, 5.74) is 5.76. The van der Waals surface area contributed by atoms with Gasteiger partial charge in [0.1, 0.15) is 0 Å². The number of rotatable bonds is 3. The van der Waals surface area contributed by atoms with E-state index in [4.69, 9.17) is 5.73 Å². The van der Waals surface area contributed by atoms with E-state index < -0.39 is 0 Å². The molecule has 0 saturated heterocycles. The van der Waals surface area contributed by atoms with Crippen LogP contribution >= 0.6 is 0 Å². The molecule has 0 amide bonds. The Bertz CT molecular complexity index is 73.1. The second-order valence-corrected chi connectivity index (χ2v) is 3.38. The van der Waals surface area contributed by atoms with Crippen molar-refractivity contribution in [1.29, 1.82) is 0 Å². The standard InChI is InChI=1S/C8H20N2.Li.H/c1-6(2)10(7(3)4)8(5)9;;/h6-8H,9H2,1-5H3;;. The molecule has 3 heteroatoms. The zero-order valence-electron chi connectivity index (χ0n) is 7.76. The van der Waals surface area contributed by atoms with E-state index in [-0.39, 0.29) is 25.0 Å². The Hall–Kier alpha value is 0.517. The molecular formula is C8H21LiN2. The topological polar surface area (TPSA) is 29.3 Å². The van der Waals surface area contributed by atoms with Crippen LogP contribution < -0.4 is 5.73 Å². The van der Waals surface area contributed by atoms with Crippen molar-refractivity contribution in [2.75, 3.05) is 0 Å². The van der Waals surface area contributed by atoms with Crippen molar-refractivity contribution in [1.82, 2.24) is 4.90 Å². The predicted octanol–water partition coefficient (Wildman–Crippen LogP) is 0.761. The molecule has 2 N–H and O–H groups in total. The number of nitrogens with two attached hydrogens (primary N) is 1. The van der Waals surface area contributed by atoms with Crippen LogP contribution in [0.5, 0.6) is 0 Å². The van der Waals surface area contributed by atoms with Crippen molar-refractivity contribution in [3.63, 3.8) is 0 Å². The van der Waals surface area contributed by atoms with Crippen LogP contribution in [0.1, 0.15) is 34.6 Å². The van der Waals surface area contributed by atoms with Gasteiger partial charge in [0.15, 0.2) is 0 Å². The summed E-state index contributed by atoms with van der Waals surface area (Å²) >= 11 is 0. The zero-order chi connectivity index (χ0) is 8.31. The maximum absolute atomic E-state index is 5.76. The van der Waals surface area contributed by atoms with E-state index in [0.29, 0.717) is 12.1 Å². The Labute approximate surface area is 82.7 Å². The van der Waals surface area contributed by atoms with Crippen LogP contribution in [0.4, 0.5) is 0 Å². The van der Waals surface area contributed by atoms with Crippen LogP contribution in [0.25, 0.3) is 0 Å². The molecule has 0 heterocycles. The van der Waals surface area contributed by atoms with Gasteiger partial charge in [0.2, 0.25) is 0 Å². The fourth-order valence-corrected chi connectivity index (χ4v) is 1.54. The van der Waals surface area contributed by atoms with Gasteiger partial charge in [-0.1, -0.05) is 0 Å². The van der Waals surface area contributed by atoms with Gasteiger partial charge < -0.3 is 5.73 Å². The number of nitrogens with zero attached hydrogens (tertiary/aromatic N) is 1. The second-order valence-electron chi connectivity index (χ2n) is 3.38. The van der Waals surface area contributed by atoms with Crippen molar-refractivity contribution >= 4 is 18.9 Å². The molecule has 11 heavy (non-hydrogen) atoms. The van der Waals surface area contributed by atoms with E-state index >= 15 is 0 Å². The van der Waals surface area contributed by atoms with Gasteiger partial charge in [-0.05, 0) is 34.6 Å². The van der Waals surface area contributed by atoms with Gasteiger partial charge in [-0.3, -0.25) is 4.90 Å². The van der Waals surface area contributed by atoms with Crippen LogP contribution in [-0.2, 0) is 0 Å². The average molecular weight is 152 g/mol. The molecule has 1 unspecified atom stereocenters. The SMILES string of the molecule is CC(C)N(C(C)C)C(C)N.[LiH]. The molecule has 0 aliphatic carbocycles. The van der Waals surface area contributed by atoms with Gasteiger partial charge in [-0.2, -0.15) is 0 Å². The second kappa shape index (κ2) is 6.08. The molecule has 0 spiro atoms. The van der Waals surface area contributed by atoms with Gasteiger partial charge in [-0.25, -0.2) is 0 Å². The maximum atomic E-state index is 5.76. The molecule has 0 rings (SSSR count). The van der Waals surface area contributed by atoms with Gasteiger partial charge in [0.05, 0.1) is 6.17 Å². The van der Waals surface area contributed by atoms with Crippen LogP contribution in [0.3, 0.4) is 0 Å². The molecule has 0 bridgehead atoms. The van der Waals surface area contributed by atoms with E-state index in [0.717, 1.165) is 0 Å². The van der Waals surface area contributed by atoms with Crippen molar-refractivity contribution in [2.24, 2.45) is 5.73 Å². The van der Waals surface area contributed by atoms with E-state index in [9.17, 15) is 0 Å². The number of hydrogen-bond donors (Lipinski definition) is 1. The molecule has 2 nitrogen and oxygen atoms in total. The normalized spacial score (nSPS) is 13.9. The van der Waals surface area contributed by atoms with Gasteiger partial charge in [0, 0.05) is 12.1 Å². The van der Waals surface area contributed by atoms with Crippen LogP contribution in [0, 0.1) is 0 Å². The molecule has 0 aliphatic heterocycles. The molecule has 0 saturated carbocycles. The quantitative estimate of drug-likeness (QED) is 0.478. The first-order valence-corrected chi connectivity index (χ1v) is 3.99. The molecule has 0 fully saturated rings. The Balaban J connectivity index is 0. The Morgan fingerprint density at radius 1 is 0.909 bits per heavy atom. The summed E-state index contributed by atoms with van der Waals surface area (Å²) in [7, 11) is 0. The third-order valence-electron chi connectivity index (χ3n) is 1.66. The van der Waals surface area contributed by atoms with Crippen molar-refractivity contribution in [2.45, 2.75) is 52.9 Å². The fraction of sp³-hybridized carbons (Fsp3) is 1.00. The molecule has 0 aromatic carbocycles. The number of hydrogen-bond acceptors (Lipinski definition) is 2. The van der Waals surface area contributed by atoms with Crippen LogP contribution in [0.15, 0.2) is 0 Å². The Morgan fingerprint density at radius 3 is 1.18 bits per heavy atom. The summed E-state index contributed by atoms with van der Waals surface area (Å²) < 4.78 is 0. The van der Waals surface area contributed by atoms with Crippen molar-refractivity contribution in [3.05, 3.63) is 0 Å². The third kappa shape index (κ3) is 4.87. The van der Waals surface area contributed by atoms with E-state index in [1.54, 1.807) is 0 Å². The minimum atomic E-state index is 0. The van der Waals surface area contributed by atoms with Gasteiger partial charge in [0.25, 0.3) is 0 Å². The predicted molar refractivity (Wildman–Crippen MR) is 52.9 cm³/mol. The van der Waals surface area contributed by atoms with E-state index in [1.807, 2.05) is 6.92 Å². The molecule has 0 aromatic rings. The summed E-state index contributed by atoms with van der Waals surface area (Å²) in [5, 5.41) is 0. The first-order valence-electron chi connectivity index (χ1n) is 3.99. The summed E-state index contributed by atoms with van der Waals surface area (Å²) in [4.78, 5) is 2.28. The average Bonchev–Trinajstić information content (AvgIpc) is 1.59. The molecule has 1 atom stereocenters. The molecule has 0 radical (unpaired) electrons. The van der Waals surface area contributed by atoms with Crippen molar-refractivity contribution < 1.29 is 0 Å². The van der Waals surface area contributed by atoms with Crippen molar-refractivity contribution in [3.8, 4) is 0 Å². The summed E-state index contributed by atoms with van der Waals surface area (Å²) in [6.45, 7) is 10.7. The van der Waals surface area contributed by atoms with E-state index in [1.165, 1.54) is 0 Å². The van der Waals surface area contributed by atoms with E-state index in [2.05, 4.69) is 32.6 Å². The summed E-state index contributed by atoms with van der Waals surface area (Å²) in [6, 6.07) is 1.08. The first kappa shape index (κ1) is 14.1. The molecular weight excluding hydrogens is 131 g/mol. The first-order chi connectivity index (χ1) is 4.46. The fourth-order valence-electron chi connectivity index (χ4n) is 1.54. The Morgan fingerprint density at radius 2 is 1.18 bits per heavy atom. The Kier molecular flexibility index (Phi) is 7.77. The zero-order valence-corrected chi connectivity index (χ0v) is 7.76. The monoisotopic (exact) mass is 152 g/mol. The third-order valence-corrected chi connectivity index (χ3v) is 1.66. The molecule has 64 valence electrons. The van der Waals surface area contributed by atoms with Crippen LogP contribution in [-0.4, -0.2) is 42.0 Å². The minimum absolute atomic E-state index is 0. The van der Waals surface area contributed by atoms with Gasteiger partial charge >= 0.3 is 18.9 Å². The molecule has 0 aromatic heterocycles.